The maximum Gasteiger partial charge on any atom is 0.0893 e. The fourth-order valence-electron chi connectivity index (χ4n) is 1.66. The van der Waals surface area contributed by atoms with Gasteiger partial charge in [-0.05, 0) is 38.3 Å². The molecule has 1 heterocycles. The molecule has 0 spiro atoms. The largest absolute Gasteiger partial charge is 0.310 e. The summed E-state index contributed by atoms with van der Waals surface area (Å²) in [5.41, 5.74) is 1.04. The molecule has 15 heavy (non-hydrogen) atoms. The van der Waals surface area contributed by atoms with Crippen LogP contribution in [-0.2, 0) is 6.54 Å². The van der Waals surface area contributed by atoms with Crippen LogP contribution in [-0.4, -0.2) is 40.2 Å². The molecule has 4 nitrogen and oxygen atoms in total. The molecular formula is C10H18N4S. The standard InChI is InChI=1S/C10H18N4S/c1-8(14(2)10-3-4-10)5-11-6-9-7-15-13-12-9/h7-8,10-11H,3-6H2,1-2H3. The molecular weight excluding hydrogens is 208 g/mol. The highest BCUT2D eigenvalue weighted by atomic mass is 32.1. The molecule has 0 aliphatic heterocycles. The van der Waals surface area contributed by atoms with Crippen LogP contribution >= 0.6 is 11.5 Å². The van der Waals surface area contributed by atoms with Gasteiger partial charge in [0.25, 0.3) is 0 Å². The molecule has 1 atom stereocenters. The Morgan fingerprint density at radius 2 is 2.47 bits per heavy atom. The zero-order valence-electron chi connectivity index (χ0n) is 9.31. The first kappa shape index (κ1) is 11.0. The van der Waals surface area contributed by atoms with Gasteiger partial charge >= 0.3 is 0 Å². The van der Waals surface area contributed by atoms with Crippen molar-refractivity contribution in [1.82, 2.24) is 19.8 Å². The lowest BCUT2D eigenvalue weighted by atomic mass is 10.3. The zero-order chi connectivity index (χ0) is 10.7. The fraction of sp³-hybridized carbons (Fsp3) is 0.800. The lowest BCUT2D eigenvalue weighted by Crippen LogP contribution is -2.38. The number of nitrogens with one attached hydrogen (secondary N) is 1. The molecule has 1 aromatic heterocycles. The molecule has 1 aliphatic carbocycles. The van der Waals surface area contributed by atoms with Crippen molar-refractivity contribution in [3.05, 3.63) is 11.1 Å². The highest BCUT2D eigenvalue weighted by Gasteiger charge is 2.28. The highest BCUT2D eigenvalue weighted by Crippen LogP contribution is 2.26. The minimum Gasteiger partial charge on any atom is -0.310 e. The van der Waals surface area contributed by atoms with Crippen molar-refractivity contribution in [1.29, 1.82) is 0 Å². The van der Waals surface area contributed by atoms with E-state index in [1.54, 1.807) is 0 Å². The fourth-order valence-corrected chi connectivity index (χ4v) is 2.11. The van der Waals surface area contributed by atoms with E-state index in [2.05, 4.69) is 33.8 Å². The van der Waals surface area contributed by atoms with Gasteiger partial charge in [0.1, 0.15) is 0 Å². The molecule has 1 fully saturated rings. The zero-order valence-corrected chi connectivity index (χ0v) is 10.1. The van der Waals surface area contributed by atoms with E-state index in [0.29, 0.717) is 6.04 Å². The Labute approximate surface area is 94.8 Å². The molecule has 84 valence electrons. The molecule has 1 aliphatic rings. The van der Waals surface area contributed by atoms with Gasteiger partial charge in [0.2, 0.25) is 0 Å². The predicted octanol–water partition coefficient (Wildman–Crippen LogP) is 1.11. The minimum absolute atomic E-state index is 0.601. The SMILES string of the molecule is CC(CNCc1csnn1)N(C)C1CC1. The molecule has 0 radical (unpaired) electrons. The molecule has 0 aromatic carbocycles. The maximum atomic E-state index is 4.00. The third kappa shape index (κ3) is 3.22. The van der Waals surface area contributed by atoms with Crippen LogP contribution in [0.3, 0.4) is 0 Å². The van der Waals surface area contributed by atoms with Crippen LogP contribution in [0, 0.1) is 0 Å². The quantitative estimate of drug-likeness (QED) is 0.789. The van der Waals surface area contributed by atoms with Crippen LogP contribution < -0.4 is 5.32 Å². The van der Waals surface area contributed by atoms with E-state index in [1.807, 2.05) is 5.38 Å². The van der Waals surface area contributed by atoms with Crippen molar-refractivity contribution in [2.75, 3.05) is 13.6 Å². The van der Waals surface area contributed by atoms with Crippen LogP contribution in [0.25, 0.3) is 0 Å². The number of rotatable bonds is 6. The summed E-state index contributed by atoms with van der Waals surface area (Å²) >= 11 is 1.41. The average molecular weight is 226 g/mol. The summed E-state index contributed by atoms with van der Waals surface area (Å²) in [4.78, 5) is 2.46. The van der Waals surface area contributed by atoms with Crippen LogP contribution in [0.5, 0.6) is 0 Å². The first-order chi connectivity index (χ1) is 7.27. The summed E-state index contributed by atoms with van der Waals surface area (Å²) in [6.45, 7) is 4.12. The summed E-state index contributed by atoms with van der Waals surface area (Å²) in [7, 11) is 2.22. The molecule has 1 N–H and O–H groups in total. The van der Waals surface area contributed by atoms with E-state index in [1.165, 1.54) is 24.4 Å². The van der Waals surface area contributed by atoms with E-state index in [-0.39, 0.29) is 0 Å². The van der Waals surface area contributed by atoms with Crippen LogP contribution in [0.1, 0.15) is 25.5 Å². The summed E-state index contributed by atoms with van der Waals surface area (Å²) in [6.07, 6.45) is 2.74. The van der Waals surface area contributed by atoms with Gasteiger partial charge in [-0.2, -0.15) is 0 Å². The van der Waals surface area contributed by atoms with Gasteiger partial charge in [0.05, 0.1) is 5.69 Å². The third-order valence-corrected chi connectivity index (χ3v) is 3.52. The van der Waals surface area contributed by atoms with Gasteiger partial charge in [-0.1, -0.05) is 4.49 Å². The van der Waals surface area contributed by atoms with Crippen LogP contribution in [0.4, 0.5) is 0 Å². The Balaban J connectivity index is 1.64. The molecule has 2 rings (SSSR count). The summed E-state index contributed by atoms with van der Waals surface area (Å²) in [6, 6.07) is 1.44. The molecule has 0 amide bonds. The summed E-state index contributed by atoms with van der Waals surface area (Å²) in [5.74, 6) is 0. The van der Waals surface area contributed by atoms with Gasteiger partial charge in [0.15, 0.2) is 0 Å². The van der Waals surface area contributed by atoms with Gasteiger partial charge in [0, 0.05) is 30.6 Å². The highest BCUT2D eigenvalue weighted by molar-refractivity contribution is 7.03. The smallest absolute Gasteiger partial charge is 0.0893 e. The van der Waals surface area contributed by atoms with E-state index in [9.17, 15) is 0 Å². The van der Waals surface area contributed by atoms with E-state index in [4.69, 9.17) is 0 Å². The number of hydrogen-bond acceptors (Lipinski definition) is 5. The summed E-state index contributed by atoms with van der Waals surface area (Å²) in [5, 5.41) is 9.40. The lowest BCUT2D eigenvalue weighted by Gasteiger charge is -2.24. The van der Waals surface area contributed by atoms with Gasteiger partial charge in [-0.25, -0.2) is 0 Å². The first-order valence-electron chi connectivity index (χ1n) is 5.46. The molecule has 1 aromatic rings. The first-order valence-corrected chi connectivity index (χ1v) is 6.29. The molecule has 0 saturated heterocycles. The summed E-state index contributed by atoms with van der Waals surface area (Å²) < 4.78 is 3.83. The van der Waals surface area contributed by atoms with Crippen molar-refractivity contribution in [2.45, 2.75) is 38.4 Å². The Morgan fingerprint density at radius 3 is 3.07 bits per heavy atom. The average Bonchev–Trinajstić information content (AvgIpc) is 2.96. The van der Waals surface area contributed by atoms with Crippen LogP contribution in [0.2, 0.25) is 0 Å². The van der Waals surface area contributed by atoms with E-state index in [0.717, 1.165) is 24.8 Å². The van der Waals surface area contributed by atoms with Gasteiger partial charge in [-0.3, -0.25) is 4.90 Å². The maximum absolute atomic E-state index is 4.00. The number of aromatic nitrogens is 2. The Kier molecular flexibility index (Phi) is 3.66. The predicted molar refractivity (Wildman–Crippen MR) is 61.9 cm³/mol. The molecule has 5 heteroatoms. The van der Waals surface area contributed by atoms with Crippen LogP contribution in [0.15, 0.2) is 5.38 Å². The van der Waals surface area contributed by atoms with Crippen molar-refractivity contribution in [2.24, 2.45) is 0 Å². The number of hydrogen-bond donors (Lipinski definition) is 1. The Morgan fingerprint density at radius 1 is 1.67 bits per heavy atom. The van der Waals surface area contributed by atoms with Gasteiger partial charge < -0.3 is 5.32 Å². The second kappa shape index (κ2) is 5.01. The Bertz CT molecular complexity index is 284. The van der Waals surface area contributed by atoms with E-state index >= 15 is 0 Å². The Hall–Kier alpha value is -0.520. The van der Waals surface area contributed by atoms with Crippen molar-refractivity contribution < 1.29 is 0 Å². The molecule has 1 saturated carbocycles. The van der Waals surface area contributed by atoms with Crippen molar-refractivity contribution in [3.8, 4) is 0 Å². The van der Waals surface area contributed by atoms with Crippen molar-refractivity contribution >= 4 is 11.5 Å². The minimum atomic E-state index is 0.601. The number of nitrogens with zero attached hydrogens (tertiary/aromatic N) is 3. The monoisotopic (exact) mass is 226 g/mol. The normalized spacial score (nSPS) is 18.3. The van der Waals surface area contributed by atoms with Crippen molar-refractivity contribution in [3.63, 3.8) is 0 Å². The molecule has 0 bridgehead atoms. The van der Waals surface area contributed by atoms with Gasteiger partial charge in [-0.15, -0.1) is 5.10 Å². The number of likely N-dealkylation sites (N-methyl/N-ethyl adjacent to an activating group) is 1. The topological polar surface area (TPSA) is 41.1 Å². The second-order valence-electron chi connectivity index (χ2n) is 4.27. The molecule has 1 unspecified atom stereocenters. The third-order valence-electron chi connectivity index (χ3n) is 2.97. The van der Waals surface area contributed by atoms with E-state index < -0.39 is 0 Å². The lowest BCUT2D eigenvalue weighted by molar-refractivity contribution is 0.241. The second-order valence-corrected chi connectivity index (χ2v) is 4.88.